The molecule has 0 atom stereocenters. The second-order valence-corrected chi connectivity index (χ2v) is 29.4. The number of hydrogen-bond acceptors (Lipinski definition) is 6. The zero-order chi connectivity index (χ0) is 70.6. The van der Waals surface area contributed by atoms with Crippen LogP contribution in [0.1, 0.15) is 33.4 Å². The maximum atomic E-state index is 6.34. The van der Waals surface area contributed by atoms with Gasteiger partial charge in [0.1, 0.15) is 0 Å². The van der Waals surface area contributed by atoms with Crippen LogP contribution in [0.2, 0.25) is 0 Å². The minimum atomic E-state index is 0.504. The lowest BCUT2D eigenvalue weighted by molar-refractivity contribution is 0.105. The van der Waals surface area contributed by atoms with Crippen LogP contribution < -0.4 is 9.80 Å². The molecule has 0 saturated carbocycles. The first kappa shape index (κ1) is 64.2. The summed E-state index contributed by atoms with van der Waals surface area (Å²) in [6, 6.07) is 124. The largest absolute Gasteiger partial charge is 0.372 e. The molecule has 19 rings (SSSR count). The SMILES string of the molecule is C=Cc1ccc(N(c2cccc(-c3ccc4c(c3)c3ccccc3n4-c3ccc(COCc4ccc(COCc5ccc(-n6c7ccccc7c7cc(-c8cccc(N(c9ccc(C=C)cc9)c9ccc%10sc%11ccccc%11c%10c9)c8)ccc76)cc5)cc4)cc3)c2)c2ccc3sc4ccccc4c3c2)cc1. The molecule has 0 amide bonds. The van der Waals surface area contributed by atoms with Gasteiger partial charge in [-0.3, -0.25) is 0 Å². The Morgan fingerprint density at radius 3 is 0.991 bits per heavy atom. The van der Waals surface area contributed by atoms with Gasteiger partial charge in [-0.25, -0.2) is 0 Å². The van der Waals surface area contributed by atoms with Gasteiger partial charge < -0.3 is 28.4 Å². The molecule has 0 aliphatic carbocycles. The normalized spacial score (nSPS) is 11.7. The van der Waals surface area contributed by atoms with Crippen LogP contribution in [-0.2, 0) is 35.9 Å². The van der Waals surface area contributed by atoms with Crippen molar-refractivity contribution >= 4 is 153 Å². The van der Waals surface area contributed by atoms with Crippen molar-refractivity contribution in [1.29, 1.82) is 0 Å². The molecule has 0 unspecified atom stereocenters. The van der Waals surface area contributed by atoms with E-state index in [-0.39, 0.29) is 0 Å². The summed E-state index contributed by atoms with van der Waals surface area (Å²) in [7, 11) is 0. The second kappa shape index (κ2) is 27.5. The van der Waals surface area contributed by atoms with E-state index in [2.05, 4.69) is 372 Å². The molecule has 506 valence electrons. The Morgan fingerprint density at radius 2 is 0.585 bits per heavy atom. The number of hydrogen-bond donors (Lipinski definition) is 0. The van der Waals surface area contributed by atoms with E-state index in [0.29, 0.717) is 26.4 Å². The summed E-state index contributed by atoms with van der Waals surface area (Å²) >= 11 is 3.69. The Morgan fingerprint density at radius 1 is 0.255 bits per heavy atom. The van der Waals surface area contributed by atoms with Gasteiger partial charge in [-0.05, 0) is 213 Å². The predicted molar refractivity (Wildman–Crippen MR) is 451 cm³/mol. The average Bonchev–Trinajstić information content (AvgIpc) is 1.60. The third-order valence-electron chi connectivity index (χ3n) is 20.7. The molecule has 4 heterocycles. The number of aromatic nitrogens is 2. The van der Waals surface area contributed by atoms with E-state index in [1.165, 1.54) is 72.9 Å². The second-order valence-electron chi connectivity index (χ2n) is 27.2. The van der Waals surface area contributed by atoms with Gasteiger partial charge in [0, 0.05) is 107 Å². The maximum Gasteiger partial charge on any atom is 0.0721 e. The molecular weight excluding hydrogens is 1330 g/mol. The van der Waals surface area contributed by atoms with Crippen LogP contribution in [-0.4, -0.2) is 9.13 Å². The fraction of sp³-hybridized carbons (Fsp3) is 0.0408. The van der Waals surface area contributed by atoms with Gasteiger partial charge in [0.25, 0.3) is 0 Å². The number of benzene rings is 15. The molecule has 0 saturated heterocycles. The van der Waals surface area contributed by atoms with Gasteiger partial charge in [0.15, 0.2) is 0 Å². The van der Waals surface area contributed by atoms with Crippen molar-refractivity contribution in [1.82, 2.24) is 9.13 Å². The van der Waals surface area contributed by atoms with E-state index in [1.54, 1.807) is 0 Å². The lowest BCUT2D eigenvalue weighted by atomic mass is 10.0. The number of anilines is 6. The zero-order valence-electron chi connectivity index (χ0n) is 58.2. The molecule has 0 N–H and O–H groups in total. The molecule has 106 heavy (non-hydrogen) atoms. The third kappa shape index (κ3) is 12.0. The van der Waals surface area contributed by atoms with E-state index in [1.807, 2.05) is 34.8 Å². The number of fused-ring (bicyclic) bond motifs is 12. The van der Waals surface area contributed by atoms with Gasteiger partial charge in [0.2, 0.25) is 0 Å². The van der Waals surface area contributed by atoms with Crippen molar-refractivity contribution in [3.05, 3.63) is 386 Å². The quantitative estimate of drug-likeness (QED) is 0.0762. The van der Waals surface area contributed by atoms with E-state index in [4.69, 9.17) is 9.47 Å². The predicted octanol–water partition coefficient (Wildman–Crippen LogP) is 27.6. The van der Waals surface area contributed by atoms with Crippen molar-refractivity contribution in [3.63, 3.8) is 0 Å². The Hall–Kier alpha value is -12.7. The highest BCUT2D eigenvalue weighted by Crippen LogP contribution is 2.46. The van der Waals surface area contributed by atoms with Crippen molar-refractivity contribution in [2.24, 2.45) is 0 Å². The summed E-state index contributed by atoms with van der Waals surface area (Å²) in [4.78, 5) is 4.74. The molecule has 0 bridgehead atoms. The number of thiophene rings is 2. The molecule has 4 aromatic heterocycles. The molecule has 0 fully saturated rings. The number of para-hydroxylation sites is 2. The first-order chi connectivity index (χ1) is 52.4. The Balaban J connectivity index is 0.501. The molecule has 0 aliphatic rings. The third-order valence-corrected chi connectivity index (χ3v) is 23.0. The van der Waals surface area contributed by atoms with Gasteiger partial charge in [-0.2, -0.15) is 0 Å². The van der Waals surface area contributed by atoms with E-state index < -0.39 is 0 Å². The fourth-order valence-corrected chi connectivity index (χ4v) is 17.6. The summed E-state index contributed by atoms with van der Waals surface area (Å²) in [6.45, 7) is 10.1. The van der Waals surface area contributed by atoms with Gasteiger partial charge >= 0.3 is 0 Å². The summed E-state index contributed by atoms with van der Waals surface area (Å²) in [6.07, 6.45) is 3.79. The molecular formula is C98H70N4O2S2. The Kier molecular flexibility index (Phi) is 16.7. The summed E-state index contributed by atoms with van der Waals surface area (Å²) < 4.78 is 22.6. The van der Waals surface area contributed by atoms with Crippen molar-refractivity contribution in [2.45, 2.75) is 26.4 Å². The van der Waals surface area contributed by atoms with Crippen molar-refractivity contribution in [3.8, 4) is 33.6 Å². The topological polar surface area (TPSA) is 34.8 Å². The van der Waals surface area contributed by atoms with Crippen LogP contribution in [0.4, 0.5) is 34.1 Å². The minimum Gasteiger partial charge on any atom is -0.372 e. The Bertz CT molecular complexity index is 6160. The average molecular weight is 1400 g/mol. The lowest BCUT2D eigenvalue weighted by Gasteiger charge is -2.26. The highest BCUT2D eigenvalue weighted by molar-refractivity contribution is 7.26. The molecule has 8 heteroatoms. The van der Waals surface area contributed by atoms with Gasteiger partial charge in [-0.1, -0.05) is 207 Å². The summed E-state index contributed by atoms with van der Waals surface area (Å²) in [5.41, 5.74) is 24.7. The number of rotatable bonds is 20. The highest BCUT2D eigenvalue weighted by Gasteiger charge is 2.21. The fourth-order valence-electron chi connectivity index (χ4n) is 15.4. The minimum absolute atomic E-state index is 0.504. The summed E-state index contributed by atoms with van der Waals surface area (Å²) in [5.74, 6) is 0. The van der Waals surface area contributed by atoms with Crippen LogP contribution in [0, 0.1) is 0 Å². The zero-order valence-corrected chi connectivity index (χ0v) is 59.8. The van der Waals surface area contributed by atoms with Crippen molar-refractivity contribution in [2.75, 3.05) is 9.80 Å². The number of nitrogens with zero attached hydrogens (tertiary/aromatic N) is 4. The van der Waals surface area contributed by atoms with Crippen LogP contribution in [0.5, 0.6) is 0 Å². The standard InChI is InChI=1S/C98H70N4O2S2/c1-3-65-31-41-75(42-32-65)99(81-49-53-97-89(59-81)85-21-7-11-25-95(85)105-97)79-17-13-15-71(55-79)73-39-51-93-87(57-73)83-19-5-9-23-91(83)101(93)77-45-35-69(36-46-77)63-103-61-67-27-29-68(30-28-67)62-104-64-70-37-47-78(48-38-70)102-92-24-10-6-20-84(92)88-58-74(40-52-94(88)102)72-16-14-18-80(56-72)100(76-43-33-66(4-2)34-44-76)82-50-54-98-90(60-82)86-22-8-12-26-96(86)106-98/h3-60H,1-2,61-64H2. The van der Waals surface area contributed by atoms with E-state index >= 15 is 0 Å². The van der Waals surface area contributed by atoms with Crippen molar-refractivity contribution < 1.29 is 9.47 Å². The summed E-state index contributed by atoms with van der Waals surface area (Å²) in [5, 5.41) is 9.95. The smallest absolute Gasteiger partial charge is 0.0721 e. The molecule has 19 aromatic rings. The van der Waals surface area contributed by atoms with Gasteiger partial charge in [-0.15, -0.1) is 22.7 Å². The van der Waals surface area contributed by atoms with Crippen LogP contribution in [0.15, 0.2) is 353 Å². The van der Waals surface area contributed by atoms with E-state index in [0.717, 1.165) is 112 Å². The molecule has 0 aliphatic heterocycles. The highest BCUT2D eigenvalue weighted by atomic mass is 32.1. The lowest BCUT2D eigenvalue weighted by Crippen LogP contribution is -2.10. The van der Waals surface area contributed by atoms with Crippen LogP contribution in [0.25, 0.3) is 130 Å². The molecule has 6 nitrogen and oxygen atoms in total. The monoisotopic (exact) mass is 1400 g/mol. The first-order valence-corrected chi connectivity index (χ1v) is 37.6. The van der Waals surface area contributed by atoms with Gasteiger partial charge in [0.05, 0.1) is 48.5 Å². The molecule has 0 spiro atoms. The van der Waals surface area contributed by atoms with Crippen LogP contribution >= 0.6 is 22.7 Å². The van der Waals surface area contributed by atoms with Crippen LogP contribution in [0.3, 0.4) is 0 Å². The Labute approximate surface area is 623 Å². The maximum absolute atomic E-state index is 6.34. The first-order valence-electron chi connectivity index (χ1n) is 36.0. The molecule has 15 aromatic carbocycles. The number of ether oxygens (including phenoxy) is 2. The van der Waals surface area contributed by atoms with E-state index in [9.17, 15) is 0 Å². The molecule has 0 radical (unpaired) electrons.